The number of halogens is 1. The van der Waals surface area contributed by atoms with E-state index in [1.165, 1.54) is 0 Å². The molecule has 2 unspecified atom stereocenters. The lowest BCUT2D eigenvalue weighted by Crippen LogP contribution is -2.48. The van der Waals surface area contributed by atoms with Gasteiger partial charge in [0.05, 0.1) is 18.4 Å². The van der Waals surface area contributed by atoms with Crippen LogP contribution in [-0.4, -0.2) is 60.5 Å². The van der Waals surface area contributed by atoms with Gasteiger partial charge in [-0.05, 0) is 31.9 Å². The molecule has 0 spiro atoms. The Morgan fingerprint density at radius 2 is 2.20 bits per heavy atom. The van der Waals surface area contributed by atoms with E-state index < -0.39 is 0 Å². The van der Waals surface area contributed by atoms with Gasteiger partial charge in [-0.25, -0.2) is 0 Å². The first kappa shape index (κ1) is 21.6. The predicted molar refractivity (Wildman–Crippen MR) is 112 cm³/mol. The topological polar surface area (TPSA) is 81.6 Å². The number of rotatable bonds is 5. The highest BCUT2D eigenvalue weighted by Crippen LogP contribution is 2.18. The lowest BCUT2D eigenvalue weighted by atomic mass is 10.1. The molecule has 1 aliphatic heterocycles. The van der Waals surface area contributed by atoms with Crippen LogP contribution >= 0.6 is 24.0 Å². The zero-order valence-electron chi connectivity index (χ0n) is 15.3. The van der Waals surface area contributed by atoms with Crippen LogP contribution < -0.4 is 16.0 Å². The summed E-state index contributed by atoms with van der Waals surface area (Å²) in [5.74, 6) is 1.06. The molecule has 140 valence electrons. The van der Waals surface area contributed by atoms with Crippen LogP contribution in [0.15, 0.2) is 29.5 Å². The molecule has 1 amide bonds. The number of hydrogen-bond donors (Lipinski definition) is 3. The molecule has 0 aliphatic carbocycles. The minimum absolute atomic E-state index is 0. The van der Waals surface area contributed by atoms with Crippen molar-refractivity contribution in [3.05, 3.63) is 24.5 Å². The summed E-state index contributed by atoms with van der Waals surface area (Å²) in [6.07, 6.45) is 3.29. The Hall–Kier alpha value is -1.42. The summed E-state index contributed by atoms with van der Waals surface area (Å²) in [5, 5.41) is 9.28. The summed E-state index contributed by atoms with van der Waals surface area (Å²) in [7, 11) is 1.72. The fraction of sp³-hybridized carbons (Fsp3) is 0.588. The van der Waals surface area contributed by atoms with Gasteiger partial charge in [0.1, 0.15) is 0 Å². The highest BCUT2D eigenvalue weighted by atomic mass is 127. The van der Waals surface area contributed by atoms with Gasteiger partial charge in [-0.3, -0.25) is 19.7 Å². The zero-order chi connectivity index (χ0) is 17.5. The summed E-state index contributed by atoms with van der Waals surface area (Å²) in [6, 6.07) is 4.46. The Labute approximate surface area is 167 Å². The Morgan fingerprint density at radius 3 is 2.76 bits per heavy atom. The maximum atomic E-state index is 12.0. The van der Waals surface area contributed by atoms with Crippen molar-refractivity contribution >= 4 is 41.5 Å². The average molecular weight is 460 g/mol. The standard InChI is InChI=1S/C17H28N6O.HI/c1-12(2)23-10-13(3)15(11-23)22-17(18-4)20-9-16(24)21-14-6-5-7-19-8-14;/h5-8,12-13,15H,9-11H2,1-4H3,(H,21,24)(H2,18,20,22);1H. The molecule has 2 heterocycles. The van der Waals surface area contributed by atoms with Crippen molar-refractivity contribution in [2.24, 2.45) is 10.9 Å². The van der Waals surface area contributed by atoms with E-state index in [-0.39, 0.29) is 36.4 Å². The van der Waals surface area contributed by atoms with Gasteiger partial charge in [-0.2, -0.15) is 0 Å². The van der Waals surface area contributed by atoms with E-state index in [1.807, 2.05) is 0 Å². The fourth-order valence-corrected chi connectivity index (χ4v) is 2.79. The molecule has 2 atom stereocenters. The van der Waals surface area contributed by atoms with Crippen molar-refractivity contribution in [3.8, 4) is 0 Å². The summed E-state index contributed by atoms with van der Waals surface area (Å²) in [5.41, 5.74) is 0.684. The number of hydrogen-bond acceptors (Lipinski definition) is 4. The largest absolute Gasteiger partial charge is 0.352 e. The second kappa shape index (κ2) is 10.5. The molecule has 7 nitrogen and oxygen atoms in total. The monoisotopic (exact) mass is 460 g/mol. The highest BCUT2D eigenvalue weighted by molar-refractivity contribution is 14.0. The van der Waals surface area contributed by atoms with Gasteiger partial charge in [-0.1, -0.05) is 6.92 Å². The van der Waals surface area contributed by atoms with E-state index >= 15 is 0 Å². The van der Waals surface area contributed by atoms with Gasteiger partial charge in [-0.15, -0.1) is 24.0 Å². The van der Waals surface area contributed by atoms with Crippen molar-refractivity contribution in [1.82, 2.24) is 20.5 Å². The first-order chi connectivity index (χ1) is 11.5. The number of anilines is 1. The number of nitrogens with zero attached hydrogens (tertiary/aromatic N) is 3. The Bertz CT molecular complexity index is 566. The quantitative estimate of drug-likeness (QED) is 0.353. The molecule has 25 heavy (non-hydrogen) atoms. The number of pyridine rings is 1. The molecule has 8 heteroatoms. The van der Waals surface area contributed by atoms with Crippen molar-refractivity contribution in [1.29, 1.82) is 0 Å². The molecule has 1 saturated heterocycles. The fourth-order valence-electron chi connectivity index (χ4n) is 2.79. The van der Waals surface area contributed by atoms with Crippen LogP contribution in [0.2, 0.25) is 0 Å². The first-order valence-corrected chi connectivity index (χ1v) is 8.40. The number of aromatic nitrogens is 1. The van der Waals surface area contributed by atoms with Crippen LogP contribution in [0.5, 0.6) is 0 Å². The normalized spacial score (nSPS) is 20.9. The SMILES string of the molecule is CN=C(NCC(=O)Nc1cccnc1)NC1CN(C(C)C)CC1C.I. The smallest absolute Gasteiger partial charge is 0.243 e. The molecule has 1 fully saturated rings. The van der Waals surface area contributed by atoms with Crippen LogP contribution in [0.3, 0.4) is 0 Å². The predicted octanol–water partition coefficient (Wildman–Crippen LogP) is 1.53. The number of carbonyl (C=O) groups is 1. The number of carbonyl (C=O) groups excluding carboxylic acids is 1. The number of nitrogens with one attached hydrogen (secondary N) is 3. The second-order valence-corrected chi connectivity index (χ2v) is 6.49. The molecule has 0 saturated carbocycles. The lowest BCUT2D eigenvalue weighted by molar-refractivity contribution is -0.115. The molecular formula is C17H29IN6O. The third kappa shape index (κ3) is 6.77. The van der Waals surface area contributed by atoms with E-state index in [1.54, 1.807) is 31.6 Å². The Morgan fingerprint density at radius 1 is 1.44 bits per heavy atom. The van der Waals surface area contributed by atoms with Gasteiger partial charge in [0.25, 0.3) is 0 Å². The summed E-state index contributed by atoms with van der Waals surface area (Å²) >= 11 is 0. The van der Waals surface area contributed by atoms with E-state index in [2.05, 4.69) is 51.6 Å². The molecule has 1 aromatic rings. The van der Waals surface area contributed by atoms with Crippen LogP contribution in [0.4, 0.5) is 5.69 Å². The zero-order valence-corrected chi connectivity index (χ0v) is 17.7. The lowest BCUT2D eigenvalue weighted by Gasteiger charge is -2.21. The summed E-state index contributed by atoms with van der Waals surface area (Å²) in [4.78, 5) is 22.6. The Kier molecular flexibility index (Phi) is 9.12. The number of amides is 1. The Balaban J connectivity index is 0.00000312. The summed E-state index contributed by atoms with van der Waals surface area (Å²) < 4.78 is 0. The number of guanidine groups is 1. The van der Waals surface area contributed by atoms with Gasteiger partial charge in [0.2, 0.25) is 5.91 Å². The van der Waals surface area contributed by atoms with Crippen LogP contribution in [0.25, 0.3) is 0 Å². The van der Waals surface area contributed by atoms with Crippen molar-refractivity contribution in [3.63, 3.8) is 0 Å². The number of aliphatic imine (C=N–C) groups is 1. The summed E-state index contributed by atoms with van der Waals surface area (Å²) in [6.45, 7) is 8.89. The van der Waals surface area contributed by atoms with Crippen LogP contribution in [0, 0.1) is 5.92 Å². The molecule has 3 N–H and O–H groups in total. The van der Waals surface area contributed by atoms with Crippen LogP contribution in [0.1, 0.15) is 20.8 Å². The minimum atomic E-state index is -0.130. The van der Waals surface area contributed by atoms with Gasteiger partial charge in [0, 0.05) is 38.4 Å². The molecule has 1 aliphatic rings. The van der Waals surface area contributed by atoms with E-state index in [0.717, 1.165) is 13.1 Å². The molecule has 1 aromatic heterocycles. The van der Waals surface area contributed by atoms with Crippen molar-refractivity contribution < 1.29 is 4.79 Å². The molecule has 0 aromatic carbocycles. The van der Waals surface area contributed by atoms with Gasteiger partial charge < -0.3 is 16.0 Å². The van der Waals surface area contributed by atoms with Crippen LogP contribution in [-0.2, 0) is 4.79 Å². The second-order valence-electron chi connectivity index (χ2n) is 6.49. The maximum Gasteiger partial charge on any atom is 0.243 e. The third-order valence-electron chi connectivity index (χ3n) is 4.28. The third-order valence-corrected chi connectivity index (χ3v) is 4.28. The van der Waals surface area contributed by atoms with Gasteiger partial charge in [0.15, 0.2) is 5.96 Å². The average Bonchev–Trinajstić information content (AvgIpc) is 2.93. The first-order valence-electron chi connectivity index (χ1n) is 8.40. The van der Waals surface area contributed by atoms with E-state index in [0.29, 0.717) is 29.6 Å². The minimum Gasteiger partial charge on any atom is -0.352 e. The van der Waals surface area contributed by atoms with Crippen molar-refractivity contribution in [2.45, 2.75) is 32.9 Å². The van der Waals surface area contributed by atoms with E-state index in [9.17, 15) is 4.79 Å². The number of likely N-dealkylation sites (tertiary alicyclic amines) is 1. The molecular weight excluding hydrogens is 431 g/mol. The molecule has 0 bridgehead atoms. The highest BCUT2D eigenvalue weighted by Gasteiger charge is 2.31. The molecule has 2 rings (SSSR count). The van der Waals surface area contributed by atoms with E-state index in [4.69, 9.17) is 0 Å². The molecule has 0 radical (unpaired) electrons. The maximum absolute atomic E-state index is 12.0. The van der Waals surface area contributed by atoms with Crippen molar-refractivity contribution in [2.75, 3.05) is 32.0 Å². The van der Waals surface area contributed by atoms with Gasteiger partial charge >= 0.3 is 0 Å².